The molecule has 0 atom stereocenters. The molecule has 1 rings (SSSR count). The average Bonchev–Trinajstić information content (AvgIpc) is 2.89. The van der Waals surface area contributed by atoms with Gasteiger partial charge in [-0.25, -0.2) is 8.42 Å². The molecule has 1 aromatic rings. The summed E-state index contributed by atoms with van der Waals surface area (Å²) in [6.45, 7) is 31.0. The van der Waals surface area contributed by atoms with E-state index in [1.54, 1.807) is 21.1 Å². The second kappa shape index (κ2) is 57.4. The molecular weight excluding hydrogens is 641 g/mol. The Balaban J connectivity index is -0.0000000433. The van der Waals surface area contributed by atoms with E-state index in [2.05, 4.69) is 88.8 Å². The van der Waals surface area contributed by atoms with E-state index in [1.807, 2.05) is 72.2 Å². The van der Waals surface area contributed by atoms with Gasteiger partial charge in [0.1, 0.15) is 15.6 Å². The van der Waals surface area contributed by atoms with Crippen LogP contribution in [0.5, 0.6) is 0 Å². The molecule has 49 heavy (non-hydrogen) atoms. The van der Waals surface area contributed by atoms with Gasteiger partial charge in [0.2, 0.25) is 5.91 Å². The second-order valence-corrected chi connectivity index (χ2v) is 14.8. The van der Waals surface area contributed by atoms with Crippen LogP contribution in [0.15, 0.2) is 48.5 Å². The summed E-state index contributed by atoms with van der Waals surface area (Å²) in [5.74, 6) is 0.0139. The third-order valence-electron chi connectivity index (χ3n) is 2.30. The van der Waals surface area contributed by atoms with Crippen molar-refractivity contribution in [3.63, 3.8) is 0 Å². The van der Waals surface area contributed by atoms with Crippen LogP contribution in [0.25, 0.3) is 0 Å². The third kappa shape index (κ3) is 488. The summed E-state index contributed by atoms with van der Waals surface area (Å²) >= 11 is 0. The number of carbonyl (C=O) groups excluding carboxylic acids is 3. The molecule has 0 aliphatic carbocycles. The molecule has 1 aromatic carbocycles. The van der Waals surface area contributed by atoms with Crippen LogP contribution in [0.4, 0.5) is 0 Å². The summed E-state index contributed by atoms with van der Waals surface area (Å²) in [6, 6.07) is 10.3. The highest BCUT2D eigenvalue weighted by molar-refractivity contribution is 7.89. The van der Waals surface area contributed by atoms with Gasteiger partial charge in [0, 0.05) is 53.2 Å². The van der Waals surface area contributed by atoms with Crippen molar-refractivity contribution >= 4 is 33.2 Å². The fourth-order valence-corrected chi connectivity index (χ4v) is 0.534. The molecule has 0 heterocycles. The number of ketones is 1. The molecule has 0 aromatic heterocycles. The van der Waals surface area contributed by atoms with Gasteiger partial charge < -0.3 is 24.6 Å². The fraction of sp³-hybridized carbons (Fsp3) is 0.684. The summed E-state index contributed by atoms with van der Waals surface area (Å²) in [7, 11) is 13.7. The van der Waals surface area contributed by atoms with E-state index < -0.39 is 9.84 Å². The quantitative estimate of drug-likeness (QED) is 0.163. The number of hydrogen-bond acceptors (Lipinski definition) is 9. The van der Waals surface area contributed by atoms with E-state index in [0.717, 1.165) is 18.2 Å². The standard InChI is InChI=1S/C7H8.C5H12.C4H9NO.C4H9N.C3H9N.C3H6O2.C3H6O.C3H8.C2H7N.C2H6O2S.C2H4/c1-7-5-3-2-4-6-7;1-5(2,3)4;1-4(6)5(2)3;1-4(2)5-3;1-4(2)3;1-3(4)5-2;1-3(2)4;2*1-3-2;1-5(2,3)4;1-2/h2-6H,1H3;1-4H3;1-3H3;1-3H3;1-3H3;1-2H3;1-2H3;3H2,1-2H3;3H,1-2H3;1-2H3;1-2H2. The second-order valence-electron chi connectivity index (χ2n) is 12.5. The predicted octanol–water partition coefficient (Wildman–Crippen LogP) is 7.91. The monoisotopic (exact) mass is 725 g/mol. The Morgan fingerprint density at radius 3 is 1.00 bits per heavy atom. The maximum absolute atomic E-state index is 10.1. The first-order valence-electron chi connectivity index (χ1n) is 15.8. The molecule has 0 radical (unpaired) electrons. The molecule has 0 fully saturated rings. The van der Waals surface area contributed by atoms with Gasteiger partial charge in [-0.3, -0.25) is 14.6 Å². The van der Waals surface area contributed by atoms with E-state index in [0.29, 0.717) is 5.41 Å². The maximum Gasteiger partial charge on any atom is 0.302 e. The molecule has 0 saturated carbocycles. The number of Topliss-reactive ketones (excluding diaryl/α,β-unsaturated/α-hetero) is 1. The van der Waals surface area contributed by atoms with Gasteiger partial charge >= 0.3 is 5.97 Å². The van der Waals surface area contributed by atoms with Crippen molar-refractivity contribution in [3.05, 3.63) is 49.1 Å². The Labute approximate surface area is 307 Å². The fourth-order valence-electron chi connectivity index (χ4n) is 0.534. The van der Waals surface area contributed by atoms with Gasteiger partial charge in [-0.2, -0.15) is 0 Å². The SMILES string of the molecule is C=C.CC(=O)N(C)C.CC(C)(C)C.CC(C)=O.CCC.CN(C)C.CN=C(C)C.CNC.COC(C)=O.CS(C)(=O)=O.Cc1ccccc1. The average molecular weight is 725 g/mol. The molecule has 1 N–H and O–H groups in total. The van der Waals surface area contributed by atoms with E-state index >= 15 is 0 Å². The van der Waals surface area contributed by atoms with Crippen molar-refractivity contribution in [2.24, 2.45) is 10.4 Å². The third-order valence-corrected chi connectivity index (χ3v) is 2.30. The lowest BCUT2D eigenvalue weighted by atomic mass is 10.0. The topological polar surface area (TPSA) is 125 Å². The molecule has 0 aliphatic heterocycles. The summed E-state index contributed by atoms with van der Waals surface area (Å²) in [5.41, 5.74) is 2.95. The zero-order chi connectivity index (χ0) is 42.4. The van der Waals surface area contributed by atoms with Gasteiger partial charge in [0.05, 0.1) is 7.11 Å². The molecule has 0 unspecified atom stereocenters. The van der Waals surface area contributed by atoms with Gasteiger partial charge in [-0.05, 0) is 75.3 Å². The normalized spacial score (nSPS) is 8.10. The zero-order valence-electron chi connectivity index (χ0n) is 36.7. The van der Waals surface area contributed by atoms with Crippen molar-refractivity contribution in [1.82, 2.24) is 15.1 Å². The van der Waals surface area contributed by atoms with Crippen LogP contribution in [0.2, 0.25) is 0 Å². The van der Waals surface area contributed by atoms with Crippen LogP contribution < -0.4 is 5.32 Å². The van der Waals surface area contributed by atoms with Gasteiger partial charge in [-0.1, -0.05) is 83.9 Å². The number of nitrogens with one attached hydrogen (secondary N) is 1. The summed E-state index contributed by atoms with van der Waals surface area (Å²) in [6.07, 6.45) is 3.57. The number of aliphatic imine (C=N–C) groups is 1. The number of carbonyl (C=O) groups is 3. The van der Waals surface area contributed by atoms with Crippen molar-refractivity contribution in [2.75, 3.05) is 76.0 Å². The molecule has 0 spiro atoms. The number of hydrogen-bond donors (Lipinski definition) is 1. The van der Waals surface area contributed by atoms with Crippen molar-refractivity contribution in [1.29, 1.82) is 0 Å². The molecule has 0 bridgehead atoms. The Morgan fingerprint density at radius 1 is 0.816 bits per heavy atom. The molecule has 10 nitrogen and oxygen atoms in total. The molecule has 0 aliphatic rings. The van der Waals surface area contributed by atoms with Crippen LogP contribution in [0.1, 0.15) is 95.1 Å². The number of nitrogens with zero attached hydrogens (tertiary/aromatic N) is 3. The minimum atomic E-state index is -2.67. The van der Waals surface area contributed by atoms with E-state index in [4.69, 9.17) is 0 Å². The number of methoxy groups -OCH3 is 1. The molecule has 11 heteroatoms. The molecule has 1 amide bonds. The minimum absolute atomic E-state index is 0.0926. The number of amides is 1. The van der Waals surface area contributed by atoms with Gasteiger partial charge in [-0.15, -0.1) is 13.2 Å². The Hall–Kier alpha value is -2.89. The lowest BCUT2D eigenvalue weighted by Gasteiger charge is -2.05. The highest BCUT2D eigenvalue weighted by Gasteiger charge is 1.95. The van der Waals surface area contributed by atoms with Crippen LogP contribution in [-0.2, 0) is 29.0 Å². The first-order chi connectivity index (χ1) is 21.9. The number of esters is 1. The maximum atomic E-state index is 10.1. The van der Waals surface area contributed by atoms with Crippen LogP contribution in [0.3, 0.4) is 0 Å². The van der Waals surface area contributed by atoms with Crippen LogP contribution >= 0.6 is 0 Å². The molecule has 0 saturated heterocycles. The van der Waals surface area contributed by atoms with Crippen molar-refractivity contribution in [3.8, 4) is 0 Å². The van der Waals surface area contributed by atoms with Crippen LogP contribution in [-0.4, -0.2) is 118 Å². The van der Waals surface area contributed by atoms with E-state index in [-0.39, 0.29) is 17.7 Å². The number of ether oxygens (including phenoxy) is 1. The highest BCUT2D eigenvalue weighted by atomic mass is 32.2. The number of benzene rings is 1. The first kappa shape index (κ1) is 72.0. The Morgan fingerprint density at radius 2 is 0.959 bits per heavy atom. The summed E-state index contributed by atoms with van der Waals surface area (Å²) in [4.78, 5) is 36.4. The van der Waals surface area contributed by atoms with E-state index in [1.165, 1.54) is 51.7 Å². The van der Waals surface area contributed by atoms with Crippen molar-refractivity contribution < 1.29 is 27.5 Å². The van der Waals surface area contributed by atoms with Gasteiger partial charge in [0.25, 0.3) is 0 Å². The Kier molecular flexibility index (Phi) is 84.3. The summed E-state index contributed by atoms with van der Waals surface area (Å²) < 4.78 is 23.4. The number of rotatable bonds is 0. The van der Waals surface area contributed by atoms with Gasteiger partial charge in [0.15, 0.2) is 0 Å². The lowest BCUT2D eigenvalue weighted by molar-refractivity contribution is -0.138. The Bertz CT molecular complexity index is 885. The smallest absolute Gasteiger partial charge is 0.302 e. The largest absolute Gasteiger partial charge is 0.469 e. The highest BCUT2D eigenvalue weighted by Crippen LogP contribution is 2.08. The van der Waals surface area contributed by atoms with Crippen LogP contribution in [0, 0.1) is 12.3 Å². The first-order valence-corrected chi connectivity index (χ1v) is 18.1. The summed E-state index contributed by atoms with van der Waals surface area (Å²) in [5, 5.41) is 2.75. The number of aryl methyl sites for hydroxylation is 1. The molecule has 298 valence electrons. The number of sulfone groups is 1. The lowest BCUT2D eigenvalue weighted by Crippen LogP contribution is -2.17. The van der Waals surface area contributed by atoms with E-state index in [9.17, 15) is 22.8 Å². The zero-order valence-corrected chi connectivity index (χ0v) is 37.5. The van der Waals surface area contributed by atoms with Crippen molar-refractivity contribution in [2.45, 2.75) is 96.4 Å². The molecular formula is C38H84N4O6S. The predicted molar refractivity (Wildman–Crippen MR) is 222 cm³/mol. The minimum Gasteiger partial charge on any atom is -0.469 e.